The van der Waals surface area contributed by atoms with E-state index in [4.69, 9.17) is 9.73 Å². The molecular formula is C29H34N4O3. The van der Waals surface area contributed by atoms with Gasteiger partial charge in [-0.25, -0.2) is 4.79 Å². The van der Waals surface area contributed by atoms with Crippen molar-refractivity contribution >= 4 is 23.1 Å². The number of ether oxygens (including phenoxy) is 1. The molecule has 1 unspecified atom stereocenters. The first-order valence-electron chi connectivity index (χ1n) is 12.0. The zero-order valence-electron chi connectivity index (χ0n) is 20.9. The smallest absolute Gasteiger partial charge is 0.319 e. The van der Waals surface area contributed by atoms with Crippen molar-refractivity contribution in [3.63, 3.8) is 0 Å². The number of carbonyl (C=O) groups excluding carboxylic acids is 1. The van der Waals surface area contributed by atoms with Crippen molar-refractivity contribution in [2.24, 2.45) is 4.99 Å². The van der Waals surface area contributed by atoms with Crippen LogP contribution in [-0.2, 0) is 4.74 Å². The van der Waals surface area contributed by atoms with Crippen LogP contribution in [-0.4, -0.2) is 42.6 Å². The quantitative estimate of drug-likeness (QED) is 0.195. The summed E-state index contributed by atoms with van der Waals surface area (Å²) in [5.41, 5.74) is 5.60. The highest BCUT2D eigenvalue weighted by Gasteiger charge is 2.23. The zero-order valence-corrected chi connectivity index (χ0v) is 20.9. The number of amides is 2. The second-order valence-electron chi connectivity index (χ2n) is 8.20. The van der Waals surface area contributed by atoms with Gasteiger partial charge in [0.25, 0.3) is 0 Å². The Morgan fingerprint density at radius 1 is 1.25 bits per heavy atom. The number of nitrogens with zero attached hydrogens (tertiary/aromatic N) is 1. The average molecular weight is 487 g/mol. The van der Waals surface area contributed by atoms with Gasteiger partial charge >= 0.3 is 6.03 Å². The van der Waals surface area contributed by atoms with Crippen LogP contribution < -0.4 is 16.0 Å². The Kier molecular flexibility index (Phi) is 9.65. The highest BCUT2D eigenvalue weighted by Crippen LogP contribution is 2.32. The summed E-state index contributed by atoms with van der Waals surface area (Å²) in [6.45, 7) is 13.6. The van der Waals surface area contributed by atoms with E-state index >= 15 is 0 Å². The normalized spacial score (nSPS) is 15.5. The number of rotatable bonds is 10. The van der Waals surface area contributed by atoms with Gasteiger partial charge in [0.15, 0.2) is 0 Å². The third kappa shape index (κ3) is 7.20. The summed E-state index contributed by atoms with van der Waals surface area (Å²) in [6, 6.07) is 12.1. The maximum atomic E-state index is 12.1. The summed E-state index contributed by atoms with van der Waals surface area (Å²) in [4.78, 5) is 17.2. The third-order valence-electron chi connectivity index (χ3n) is 5.59. The summed E-state index contributed by atoms with van der Waals surface area (Å²) in [5.74, 6) is 0.147. The maximum absolute atomic E-state index is 12.1. The number of nitrogens with one attached hydrogen (secondary N) is 3. The molecule has 3 rings (SSSR count). The van der Waals surface area contributed by atoms with E-state index in [1.165, 1.54) is 0 Å². The van der Waals surface area contributed by atoms with Crippen molar-refractivity contribution < 1.29 is 14.6 Å². The topological polar surface area (TPSA) is 95.0 Å². The van der Waals surface area contributed by atoms with E-state index in [0.29, 0.717) is 31.9 Å². The van der Waals surface area contributed by atoms with Gasteiger partial charge in [-0.3, -0.25) is 4.99 Å². The van der Waals surface area contributed by atoms with Gasteiger partial charge in [-0.05, 0) is 49.8 Å². The Bertz CT molecular complexity index is 1180. The maximum Gasteiger partial charge on any atom is 0.319 e. The zero-order chi connectivity index (χ0) is 25.9. The second kappa shape index (κ2) is 13.1. The van der Waals surface area contributed by atoms with Crippen LogP contribution in [0.25, 0.3) is 0 Å². The van der Waals surface area contributed by atoms with E-state index in [9.17, 15) is 9.90 Å². The lowest BCUT2D eigenvalue weighted by molar-refractivity contribution is 0.150. The van der Waals surface area contributed by atoms with Crippen molar-refractivity contribution in [1.82, 2.24) is 5.32 Å². The van der Waals surface area contributed by atoms with Crippen LogP contribution >= 0.6 is 0 Å². The molecule has 36 heavy (non-hydrogen) atoms. The van der Waals surface area contributed by atoms with Crippen molar-refractivity contribution in [3.05, 3.63) is 102 Å². The fourth-order valence-electron chi connectivity index (χ4n) is 3.73. The van der Waals surface area contributed by atoms with E-state index in [0.717, 1.165) is 33.8 Å². The van der Waals surface area contributed by atoms with E-state index in [2.05, 4.69) is 29.1 Å². The van der Waals surface area contributed by atoms with Crippen LogP contribution in [0, 0.1) is 0 Å². The van der Waals surface area contributed by atoms with Crippen molar-refractivity contribution in [3.8, 4) is 5.75 Å². The van der Waals surface area contributed by atoms with Gasteiger partial charge in [0.05, 0.1) is 18.4 Å². The molecule has 2 amide bonds. The SMILES string of the molecule is C=C/C(=C\C=C/C)CC1N=C(c2ccc(NC(=O)NCCOCC)cc2)c2cc(O)ccc2NC1=C. The Labute approximate surface area is 213 Å². The van der Waals surface area contributed by atoms with Gasteiger partial charge in [0, 0.05) is 47.8 Å². The van der Waals surface area contributed by atoms with Crippen LogP contribution in [0.2, 0.25) is 0 Å². The molecule has 0 saturated carbocycles. The average Bonchev–Trinajstić information content (AvgIpc) is 3.00. The highest BCUT2D eigenvalue weighted by atomic mass is 16.5. The number of benzene rings is 2. The number of allylic oxidation sites excluding steroid dienone is 4. The third-order valence-corrected chi connectivity index (χ3v) is 5.59. The minimum absolute atomic E-state index is 0.147. The van der Waals surface area contributed by atoms with Crippen LogP contribution in [0.5, 0.6) is 5.75 Å². The predicted molar refractivity (Wildman–Crippen MR) is 148 cm³/mol. The lowest BCUT2D eigenvalue weighted by Crippen LogP contribution is -2.31. The monoisotopic (exact) mass is 486 g/mol. The molecule has 0 bridgehead atoms. The molecular weight excluding hydrogens is 452 g/mol. The van der Waals surface area contributed by atoms with Gasteiger partial charge < -0.3 is 25.8 Å². The van der Waals surface area contributed by atoms with Crippen LogP contribution in [0.4, 0.5) is 16.2 Å². The Morgan fingerprint density at radius 2 is 2.03 bits per heavy atom. The molecule has 0 aliphatic carbocycles. The van der Waals surface area contributed by atoms with Gasteiger partial charge in [-0.1, -0.05) is 49.6 Å². The lowest BCUT2D eigenvalue weighted by Gasteiger charge is -2.16. The number of hydrogen-bond donors (Lipinski definition) is 4. The molecule has 4 N–H and O–H groups in total. The molecule has 7 nitrogen and oxygen atoms in total. The van der Waals surface area contributed by atoms with Crippen LogP contribution in [0.3, 0.4) is 0 Å². The molecule has 1 aliphatic rings. The summed E-state index contributed by atoms with van der Waals surface area (Å²) in [5, 5.41) is 19.2. The number of hydrogen-bond acceptors (Lipinski definition) is 5. The van der Waals surface area contributed by atoms with E-state index in [-0.39, 0.29) is 17.8 Å². The van der Waals surface area contributed by atoms with Gasteiger partial charge in [0.1, 0.15) is 5.75 Å². The van der Waals surface area contributed by atoms with Gasteiger partial charge in [-0.15, -0.1) is 0 Å². The molecule has 1 aliphatic heterocycles. The first-order chi connectivity index (χ1) is 17.4. The molecule has 0 saturated heterocycles. The van der Waals surface area contributed by atoms with Crippen molar-refractivity contribution in [1.29, 1.82) is 0 Å². The largest absolute Gasteiger partial charge is 0.508 e. The summed E-state index contributed by atoms with van der Waals surface area (Å²) < 4.78 is 5.23. The number of phenols is 1. The lowest BCUT2D eigenvalue weighted by atomic mass is 9.99. The van der Waals surface area contributed by atoms with E-state index in [1.807, 2.05) is 68.5 Å². The fraction of sp³-hybridized carbons (Fsp3) is 0.241. The van der Waals surface area contributed by atoms with Gasteiger partial charge in [0.2, 0.25) is 0 Å². The molecule has 1 atom stereocenters. The summed E-state index contributed by atoms with van der Waals surface area (Å²) in [7, 11) is 0. The number of aliphatic imine (C=N–C) groups is 1. The molecule has 1 heterocycles. The van der Waals surface area contributed by atoms with Crippen LogP contribution in [0.1, 0.15) is 31.4 Å². The first-order valence-corrected chi connectivity index (χ1v) is 12.0. The van der Waals surface area contributed by atoms with E-state index in [1.54, 1.807) is 12.1 Å². The van der Waals surface area contributed by atoms with Gasteiger partial charge in [-0.2, -0.15) is 0 Å². The number of aromatic hydroxyl groups is 1. The van der Waals surface area contributed by atoms with Crippen LogP contribution in [0.15, 0.2) is 96.2 Å². The summed E-state index contributed by atoms with van der Waals surface area (Å²) >= 11 is 0. The Morgan fingerprint density at radius 3 is 2.72 bits per heavy atom. The molecule has 0 radical (unpaired) electrons. The van der Waals surface area contributed by atoms with E-state index < -0.39 is 0 Å². The first kappa shape index (κ1) is 26.5. The van der Waals surface area contributed by atoms with Crippen molar-refractivity contribution in [2.45, 2.75) is 26.3 Å². The standard InChI is InChI=1S/C29H34N4O3/c1-5-8-9-21(6-2)18-27-20(4)31-26-15-14-24(34)19-25(26)28(33-27)22-10-12-23(13-11-22)32-29(35)30-16-17-36-7-3/h5-6,8-15,19,27,31,34H,2,4,7,16-18H2,1,3H3,(H2,30,32,35)/b8-5-,21-9+. The number of carbonyl (C=O) groups is 1. The molecule has 0 spiro atoms. The number of anilines is 2. The summed E-state index contributed by atoms with van der Waals surface area (Å²) in [6.07, 6.45) is 8.39. The minimum atomic E-state index is -0.296. The highest BCUT2D eigenvalue weighted by molar-refractivity contribution is 6.17. The number of fused-ring (bicyclic) bond motifs is 1. The Hall–Kier alpha value is -4.10. The van der Waals surface area contributed by atoms with Crippen molar-refractivity contribution in [2.75, 3.05) is 30.4 Å². The number of phenolic OH excluding ortho intramolecular Hbond substituents is 1. The Balaban J connectivity index is 1.90. The molecule has 188 valence electrons. The minimum Gasteiger partial charge on any atom is -0.508 e. The molecule has 0 aromatic heterocycles. The second-order valence-corrected chi connectivity index (χ2v) is 8.20. The molecule has 7 heteroatoms. The molecule has 0 fully saturated rings. The predicted octanol–water partition coefficient (Wildman–Crippen LogP) is 5.77. The number of urea groups is 1. The number of benzodiazepines with no additional fused rings is 1. The molecule has 2 aromatic carbocycles. The fourth-order valence-corrected chi connectivity index (χ4v) is 3.73. The molecule has 2 aromatic rings.